The smallest absolute Gasteiger partial charge is 0.332 e. The van der Waals surface area contributed by atoms with Gasteiger partial charge in [0.05, 0.1) is 7.11 Å². The number of hydrogen-bond acceptors (Lipinski definition) is 5. The molecule has 0 bridgehead atoms. The number of hydrogen-bond donors (Lipinski definition) is 1. The highest BCUT2D eigenvalue weighted by Crippen LogP contribution is 2.12. The van der Waals surface area contributed by atoms with Crippen molar-refractivity contribution in [3.63, 3.8) is 0 Å². The van der Waals surface area contributed by atoms with Gasteiger partial charge in [-0.25, -0.2) is 9.59 Å². The monoisotopic (exact) mass is 263 g/mol. The number of nitrogens with zero attached hydrogens (tertiary/aromatic N) is 1. The number of oxime groups is 1. The van der Waals surface area contributed by atoms with E-state index < -0.39 is 11.9 Å². The van der Waals surface area contributed by atoms with Gasteiger partial charge in [0.25, 0.3) is 0 Å². The van der Waals surface area contributed by atoms with Crippen LogP contribution in [0, 0.1) is 0 Å². The summed E-state index contributed by atoms with van der Waals surface area (Å²) in [7, 11) is 1.53. The van der Waals surface area contributed by atoms with Crippen LogP contribution < -0.4 is 4.74 Å². The second kappa shape index (κ2) is 6.95. The Morgan fingerprint density at radius 1 is 1.21 bits per heavy atom. The molecule has 0 amide bonds. The molecule has 0 fully saturated rings. The zero-order valence-electron chi connectivity index (χ0n) is 10.5. The molecule has 6 nitrogen and oxygen atoms in total. The molecular formula is C13H13NO5. The third-order valence-electron chi connectivity index (χ3n) is 2.04. The number of carboxylic acid groups (broad SMARTS) is 1. The molecule has 1 aromatic carbocycles. The summed E-state index contributed by atoms with van der Waals surface area (Å²) in [4.78, 5) is 25.8. The third-order valence-corrected chi connectivity index (χ3v) is 2.04. The first-order valence-electron chi connectivity index (χ1n) is 5.34. The van der Waals surface area contributed by atoms with E-state index >= 15 is 0 Å². The number of carbonyl (C=O) groups excluding carboxylic acids is 1. The predicted molar refractivity (Wildman–Crippen MR) is 68.1 cm³/mol. The average molecular weight is 263 g/mol. The molecular weight excluding hydrogens is 250 g/mol. The first kappa shape index (κ1) is 14.4. The van der Waals surface area contributed by atoms with Crippen LogP contribution in [0.4, 0.5) is 0 Å². The second-order valence-corrected chi connectivity index (χ2v) is 3.46. The standard InChI is InChI=1S/C13H13NO5/c1-9(15)19-14-12(7-8-13(16)17)10-3-5-11(18-2)6-4-10/h3-8H,1-2H3,(H,16,17)/b8-7+,14-12+. The molecule has 0 aliphatic carbocycles. The van der Waals surface area contributed by atoms with Gasteiger partial charge >= 0.3 is 11.9 Å². The number of methoxy groups -OCH3 is 1. The molecule has 6 heteroatoms. The van der Waals surface area contributed by atoms with Crippen molar-refractivity contribution in [2.24, 2.45) is 5.16 Å². The summed E-state index contributed by atoms with van der Waals surface area (Å²) in [5.41, 5.74) is 0.819. The Kier molecular flexibility index (Phi) is 5.28. The lowest BCUT2D eigenvalue weighted by Gasteiger charge is -2.03. The van der Waals surface area contributed by atoms with E-state index in [2.05, 4.69) is 9.99 Å². The topological polar surface area (TPSA) is 85.2 Å². The Labute approximate surface area is 109 Å². The number of carbonyl (C=O) groups is 2. The molecule has 0 spiro atoms. The Hall–Kier alpha value is -2.63. The Morgan fingerprint density at radius 2 is 1.84 bits per heavy atom. The van der Waals surface area contributed by atoms with Crippen molar-refractivity contribution in [2.45, 2.75) is 6.92 Å². The van der Waals surface area contributed by atoms with E-state index in [4.69, 9.17) is 9.84 Å². The Bertz CT molecular complexity index is 516. The molecule has 1 aromatic rings. The van der Waals surface area contributed by atoms with Crippen molar-refractivity contribution in [2.75, 3.05) is 7.11 Å². The van der Waals surface area contributed by atoms with Crippen LogP contribution in [0.5, 0.6) is 5.75 Å². The Balaban J connectivity index is 3.03. The second-order valence-electron chi connectivity index (χ2n) is 3.46. The minimum Gasteiger partial charge on any atom is -0.497 e. The minimum atomic E-state index is -1.12. The van der Waals surface area contributed by atoms with Gasteiger partial charge in [0.2, 0.25) is 0 Å². The van der Waals surface area contributed by atoms with Crippen molar-refractivity contribution in [1.29, 1.82) is 0 Å². The van der Waals surface area contributed by atoms with E-state index in [1.807, 2.05) is 0 Å². The largest absolute Gasteiger partial charge is 0.497 e. The highest BCUT2D eigenvalue weighted by atomic mass is 16.7. The van der Waals surface area contributed by atoms with Crippen LogP contribution in [0.1, 0.15) is 12.5 Å². The van der Waals surface area contributed by atoms with Crippen LogP contribution in [0.3, 0.4) is 0 Å². The fourth-order valence-corrected chi connectivity index (χ4v) is 1.20. The maximum atomic E-state index is 10.7. The van der Waals surface area contributed by atoms with Gasteiger partial charge in [-0.05, 0) is 30.3 Å². The van der Waals surface area contributed by atoms with Gasteiger partial charge in [0, 0.05) is 18.6 Å². The van der Waals surface area contributed by atoms with E-state index in [0.717, 1.165) is 6.08 Å². The van der Waals surface area contributed by atoms with E-state index in [1.165, 1.54) is 20.1 Å². The molecule has 0 atom stereocenters. The first-order valence-corrected chi connectivity index (χ1v) is 5.34. The molecule has 0 aromatic heterocycles. The number of rotatable bonds is 5. The normalized spacial score (nSPS) is 11.4. The molecule has 0 saturated carbocycles. The zero-order valence-corrected chi connectivity index (χ0v) is 10.5. The van der Waals surface area contributed by atoms with Gasteiger partial charge in [-0.15, -0.1) is 0 Å². The van der Waals surface area contributed by atoms with E-state index in [1.54, 1.807) is 24.3 Å². The van der Waals surface area contributed by atoms with Gasteiger partial charge < -0.3 is 14.7 Å². The van der Waals surface area contributed by atoms with Gasteiger partial charge in [0.15, 0.2) is 0 Å². The summed E-state index contributed by atoms with van der Waals surface area (Å²) >= 11 is 0. The molecule has 1 N–H and O–H groups in total. The van der Waals surface area contributed by atoms with Crippen molar-refractivity contribution < 1.29 is 24.3 Å². The lowest BCUT2D eigenvalue weighted by Crippen LogP contribution is -2.02. The van der Waals surface area contributed by atoms with Crippen LogP contribution in [0.2, 0.25) is 0 Å². The number of allylic oxidation sites excluding steroid dienone is 1. The summed E-state index contributed by atoms with van der Waals surface area (Å²) in [5.74, 6) is -1.06. The van der Waals surface area contributed by atoms with Gasteiger partial charge in [-0.1, -0.05) is 5.16 Å². The molecule has 0 aliphatic rings. The molecule has 1 rings (SSSR count). The Morgan fingerprint density at radius 3 is 2.32 bits per heavy atom. The number of aliphatic carboxylic acids is 1. The summed E-state index contributed by atoms with van der Waals surface area (Å²) in [6.07, 6.45) is 2.15. The van der Waals surface area contributed by atoms with Crippen LogP contribution in [0.25, 0.3) is 0 Å². The fourth-order valence-electron chi connectivity index (χ4n) is 1.20. The highest BCUT2D eigenvalue weighted by Gasteiger charge is 2.03. The molecule has 0 aliphatic heterocycles. The predicted octanol–water partition coefficient (Wildman–Crippen LogP) is 1.60. The molecule has 100 valence electrons. The first-order chi connectivity index (χ1) is 9.02. The highest BCUT2D eigenvalue weighted by molar-refractivity contribution is 6.10. The number of benzene rings is 1. The van der Waals surface area contributed by atoms with Crippen LogP contribution in [-0.2, 0) is 14.4 Å². The number of carboxylic acids is 1. The molecule has 19 heavy (non-hydrogen) atoms. The minimum absolute atomic E-state index is 0.222. The van der Waals surface area contributed by atoms with Crippen LogP contribution in [0.15, 0.2) is 41.6 Å². The van der Waals surface area contributed by atoms with Gasteiger partial charge in [-0.3, -0.25) is 0 Å². The molecule has 0 heterocycles. The maximum Gasteiger partial charge on any atom is 0.332 e. The van der Waals surface area contributed by atoms with Gasteiger partial charge in [0.1, 0.15) is 11.5 Å². The lowest BCUT2D eigenvalue weighted by atomic mass is 10.1. The van der Waals surface area contributed by atoms with Crippen LogP contribution in [-0.4, -0.2) is 29.9 Å². The SMILES string of the molecule is COc1ccc(C(/C=C/C(=O)O)=N/OC(C)=O)cc1. The molecule has 0 unspecified atom stereocenters. The van der Waals surface area contributed by atoms with Crippen molar-refractivity contribution in [3.05, 3.63) is 42.0 Å². The van der Waals surface area contributed by atoms with Gasteiger partial charge in [-0.2, -0.15) is 0 Å². The van der Waals surface area contributed by atoms with E-state index in [0.29, 0.717) is 11.3 Å². The molecule has 0 saturated heterocycles. The summed E-state index contributed by atoms with van der Waals surface area (Å²) in [5, 5.41) is 12.2. The fraction of sp³-hybridized carbons (Fsp3) is 0.154. The number of ether oxygens (including phenoxy) is 1. The van der Waals surface area contributed by atoms with Crippen LogP contribution >= 0.6 is 0 Å². The lowest BCUT2D eigenvalue weighted by molar-refractivity contribution is -0.140. The van der Waals surface area contributed by atoms with Crippen molar-refractivity contribution >= 4 is 17.7 Å². The zero-order chi connectivity index (χ0) is 14.3. The maximum absolute atomic E-state index is 10.7. The summed E-state index contributed by atoms with van der Waals surface area (Å²) in [6, 6.07) is 6.72. The summed E-state index contributed by atoms with van der Waals surface area (Å²) in [6.45, 7) is 1.20. The van der Waals surface area contributed by atoms with Crippen molar-refractivity contribution in [3.8, 4) is 5.75 Å². The van der Waals surface area contributed by atoms with Crippen molar-refractivity contribution in [1.82, 2.24) is 0 Å². The van der Waals surface area contributed by atoms with E-state index in [-0.39, 0.29) is 5.71 Å². The third kappa shape index (κ3) is 5.03. The summed E-state index contributed by atoms with van der Waals surface area (Å²) < 4.78 is 5.01. The van der Waals surface area contributed by atoms with E-state index in [9.17, 15) is 9.59 Å². The average Bonchev–Trinajstić information content (AvgIpc) is 2.38. The molecule has 0 radical (unpaired) electrons. The quantitative estimate of drug-likeness (QED) is 0.377.